The van der Waals surface area contributed by atoms with E-state index in [0.29, 0.717) is 24.2 Å². The number of hydrogen-bond donors (Lipinski definition) is 2. The molecule has 0 aliphatic heterocycles. The maximum atomic E-state index is 12.6. The molecule has 3 fully saturated rings. The summed E-state index contributed by atoms with van der Waals surface area (Å²) in [7, 11) is 0. The van der Waals surface area contributed by atoms with Gasteiger partial charge >= 0.3 is 11.9 Å². The number of rotatable bonds is 6. The summed E-state index contributed by atoms with van der Waals surface area (Å²) in [5.74, 6) is 0.0144. The van der Waals surface area contributed by atoms with E-state index in [-0.39, 0.29) is 41.5 Å². The number of amides is 1. The largest absolute Gasteiger partial charge is 0.480 e. The molecule has 33 heavy (non-hydrogen) atoms. The Bertz CT molecular complexity index is 880. The van der Waals surface area contributed by atoms with Crippen LogP contribution in [0, 0.1) is 28.6 Å². The Morgan fingerprint density at radius 1 is 1.12 bits per heavy atom. The molecule has 0 spiro atoms. The van der Waals surface area contributed by atoms with Gasteiger partial charge in [0, 0.05) is 25.2 Å². The number of ether oxygens (including phenoxy) is 1. The lowest BCUT2D eigenvalue weighted by Crippen LogP contribution is -2.51. The molecule has 0 aromatic heterocycles. The van der Waals surface area contributed by atoms with Gasteiger partial charge in [0.05, 0.1) is 0 Å². The van der Waals surface area contributed by atoms with Gasteiger partial charge in [-0.3, -0.25) is 14.4 Å². The van der Waals surface area contributed by atoms with Gasteiger partial charge in [0.25, 0.3) is 0 Å². The third-order valence-corrected chi connectivity index (χ3v) is 9.46. The molecule has 4 rings (SSSR count). The summed E-state index contributed by atoms with van der Waals surface area (Å²) in [4.78, 5) is 47.2. The van der Waals surface area contributed by atoms with E-state index in [1.807, 2.05) is 6.08 Å². The van der Waals surface area contributed by atoms with E-state index in [1.54, 1.807) is 0 Å². The zero-order chi connectivity index (χ0) is 24.0. The molecule has 3 saturated carbocycles. The molecule has 0 heterocycles. The quantitative estimate of drug-likeness (QED) is 0.585. The Labute approximate surface area is 195 Å². The van der Waals surface area contributed by atoms with E-state index in [2.05, 4.69) is 19.2 Å². The molecule has 1 unspecified atom stereocenters. The number of allylic oxidation sites excluding steroid dienone is 1. The van der Waals surface area contributed by atoms with E-state index in [1.165, 1.54) is 12.5 Å². The fraction of sp³-hybridized carbons (Fsp3) is 0.769. The van der Waals surface area contributed by atoms with Crippen LogP contribution in [0.4, 0.5) is 0 Å². The van der Waals surface area contributed by atoms with Crippen LogP contribution >= 0.6 is 0 Å². The number of carbonyl (C=O) groups excluding carboxylic acids is 3. The van der Waals surface area contributed by atoms with Crippen LogP contribution in [0.1, 0.15) is 85.0 Å². The highest BCUT2D eigenvalue weighted by molar-refractivity contribution is 5.91. The molecule has 182 valence electrons. The summed E-state index contributed by atoms with van der Waals surface area (Å²) in [6.45, 7) is 5.90. The van der Waals surface area contributed by atoms with Crippen molar-refractivity contribution in [1.29, 1.82) is 0 Å². The van der Waals surface area contributed by atoms with Gasteiger partial charge in [-0.1, -0.05) is 19.4 Å². The predicted octanol–water partition coefficient (Wildman–Crippen LogP) is 3.80. The van der Waals surface area contributed by atoms with Gasteiger partial charge < -0.3 is 15.2 Å². The van der Waals surface area contributed by atoms with Crippen molar-refractivity contribution in [2.45, 2.75) is 97.1 Å². The minimum absolute atomic E-state index is 0.0253. The minimum Gasteiger partial charge on any atom is -0.480 e. The fourth-order valence-corrected chi connectivity index (χ4v) is 7.69. The summed E-state index contributed by atoms with van der Waals surface area (Å²) >= 11 is 0. The first-order chi connectivity index (χ1) is 15.5. The van der Waals surface area contributed by atoms with Crippen molar-refractivity contribution in [3.8, 4) is 0 Å². The zero-order valence-corrected chi connectivity index (χ0v) is 20.0. The summed E-state index contributed by atoms with van der Waals surface area (Å²) in [6.07, 6.45) is 9.51. The highest BCUT2D eigenvalue weighted by Crippen LogP contribution is 2.65. The van der Waals surface area contributed by atoms with E-state index < -0.39 is 17.9 Å². The Morgan fingerprint density at radius 2 is 1.88 bits per heavy atom. The topological polar surface area (TPSA) is 110 Å². The molecule has 7 nitrogen and oxygen atoms in total. The first-order valence-corrected chi connectivity index (χ1v) is 12.5. The first kappa shape index (κ1) is 24.0. The molecule has 2 N–H and O–H groups in total. The Morgan fingerprint density at radius 3 is 2.58 bits per heavy atom. The second-order valence-electron chi connectivity index (χ2n) is 11.2. The molecule has 0 bridgehead atoms. The van der Waals surface area contributed by atoms with Gasteiger partial charge in [-0.25, -0.2) is 4.79 Å². The van der Waals surface area contributed by atoms with E-state index in [0.717, 1.165) is 44.9 Å². The number of carboxylic acid groups (broad SMARTS) is 1. The third-order valence-electron chi connectivity index (χ3n) is 9.46. The Balaban J connectivity index is 1.40. The number of nitrogens with one attached hydrogen (secondary N) is 1. The number of aliphatic carboxylic acids is 1. The predicted molar refractivity (Wildman–Crippen MR) is 121 cm³/mol. The van der Waals surface area contributed by atoms with E-state index in [9.17, 15) is 24.3 Å². The SMILES string of the molecule is CC(=O)N[C@@H](CCC(=O)O[C@H]1CC[C@H]2[C@@H]3CCC4=CC(=O)CC[C@]4(C)[C@H]3CCC12C)C(=O)O. The van der Waals surface area contributed by atoms with Crippen LogP contribution in [0.15, 0.2) is 11.6 Å². The van der Waals surface area contributed by atoms with Crippen LogP contribution in [0.25, 0.3) is 0 Å². The molecule has 4 aliphatic rings. The lowest BCUT2D eigenvalue weighted by atomic mass is 9.47. The Hall–Kier alpha value is -2.18. The van der Waals surface area contributed by atoms with Crippen molar-refractivity contribution in [3.05, 3.63) is 11.6 Å². The minimum atomic E-state index is -1.15. The lowest BCUT2D eigenvalue weighted by Gasteiger charge is -2.57. The highest BCUT2D eigenvalue weighted by atomic mass is 16.5. The number of ketones is 1. The fourth-order valence-electron chi connectivity index (χ4n) is 7.69. The van der Waals surface area contributed by atoms with Crippen LogP contribution < -0.4 is 5.32 Å². The number of carboxylic acids is 1. The molecule has 4 aliphatic carbocycles. The van der Waals surface area contributed by atoms with Crippen LogP contribution in [-0.2, 0) is 23.9 Å². The van der Waals surface area contributed by atoms with Crippen LogP contribution in [-0.4, -0.2) is 40.9 Å². The summed E-state index contributed by atoms with van der Waals surface area (Å²) < 4.78 is 5.94. The lowest BCUT2D eigenvalue weighted by molar-refractivity contribution is -0.160. The van der Waals surface area contributed by atoms with Gasteiger partial charge in [-0.2, -0.15) is 0 Å². The molecular formula is C26H37NO6. The average Bonchev–Trinajstić information content (AvgIpc) is 3.07. The van der Waals surface area contributed by atoms with Gasteiger partial charge in [0.1, 0.15) is 12.1 Å². The smallest absolute Gasteiger partial charge is 0.326 e. The number of carbonyl (C=O) groups is 4. The van der Waals surface area contributed by atoms with Gasteiger partial charge in [0.15, 0.2) is 5.78 Å². The molecule has 7 heteroatoms. The molecular weight excluding hydrogens is 422 g/mol. The maximum Gasteiger partial charge on any atom is 0.326 e. The summed E-state index contributed by atoms with van der Waals surface area (Å²) in [5, 5.41) is 11.6. The van der Waals surface area contributed by atoms with Crippen LogP contribution in [0.2, 0.25) is 0 Å². The number of fused-ring (bicyclic) bond motifs is 5. The second kappa shape index (κ2) is 8.88. The number of esters is 1. The van der Waals surface area contributed by atoms with Crippen molar-refractivity contribution < 1.29 is 29.0 Å². The molecule has 0 aromatic rings. The third kappa shape index (κ3) is 4.35. The Kier molecular flexibility index (Phi) is 6.45. The maximum absolute atomic E-state index is 12.6. The molecule has 0 saturated heterocycles. The van der Waals surface area contributed by atoms with Gasteiger partial charge in [0.2, 0.25) is 5.91 Å². The monoisotopic (exact) mass is 459 g/mol. The number of hydrogen-bond acceptors (Lipinski definition) is 5. The van der Waals surface area contributed by atoms with Crippen molar-refractivity contribution in [1.82, 2.24) is 5.32 Å². The standard InChI is InChI=1S/C26H37NO6/c1-15(28)27-21(24(31)32)7-9-23(30)33-22-8-6-19-18-5-4-16-14-17(29)10-12-25(16,2)20(18)11-13-26(19,22)3/h14,18-22H,4-13H2,1-3H3,(H,27,28)(H,31,32)/t18-,19-,20-,21-,22-,25-,26?/m0/s1. The van der Waals surface area contributed by atoms with Gasteiger partial charge in [-0.05, 0) is 80.6 Å². The summed E-state index contributed by atoms with van der Waals surface area (Å²) in [5.41, 5.74) is 1.43. The molecule has 0 radical (unpaired) electrons. The van der Waals surface area contributed by atoms with Gasteiger partial charge in [-0.15, -0.1) is 0 Å². The van der Waals surface area contributed by atoms with Crippen molar-refractivity contribution >= 4 is 23.6 Å². The zero-order valence-electron chi connectivity index (χ0n) is 20.0. The van der Waals surface area contributed by atoms with Crippen molar-refractivity contribution in [3.63, 3.8) is 0 Å². The molecule has 0 aromatic carbocycles. The molecule has 1 amide bonds. The van der Waals surface area contributed by atoms with Crippen LogP contribution in [0.5, 0.6) is 0 Å². The first-order valence-electron chi connectivity index (χ1n) is 12.5. The van der Waals surface area contributed by atoms with Crippen molar-refractivity contribution in [2.24, 2.45) is 28.6 Å². The van der Waals surface area contributed by atoms with Crippen molar-refractivity contribution in [2.75, 3.05) is 0 Å². The highest BCUT2D eigenvalue weighted by Gasteiger charge is 2.59. The molecule has 7 atom stereocenters. The van der Waals surface area contributed by atoms with E-state index >= 15 is 0 Å². The second-order valence-corrected chi connectivity index (χ2v) is 11.2. The summed E-state index contributed by atoms with van der Waals surface area (Å²) in [6, 6.07) is -1.08. The average molecular weight is 460 g/mol. The van der Waals surface area contributed by atoms with E-state index in [4.69, 9.17) is 4.74 Å². The van der Waals surface area contributed by atoms with Crippen LogP contribution in [0.3, 0.4) is 0 Å². The normalized spacial score (nSPS) is 38.3.